The Balaban J connectivity index is 1.68. The molecule has 2 heterocycles. The molecule has 1 amide bonds. The number of fused-ring (bicyclic) bond motifs is 1. The molecule has 1 aliphatic heterocycles. The number of carbonyl (C=O) groups is 1. The van der Waals surface area contributed by atoms with Crippen LogP contribution in [0.3, 0.4) is 0 Å². The summed E-state index contributed by atoms with van der Waals surface area (Å²) in [5.74, 6) is 1.41. The van der Waals surface area contributed by atoms with Gasteiger partial charge in [0.2, 0.25) is 5.91 Å². The number of nitrogens with one attached hydrogen (secondary N) is 1. The first-order valence-electron chi connectivity index (χ1n) is 13.1. The molecule has 200 valence electrons. The largest absolute Gasteiger partial charge is 0.381 e. The number of benzene rings is 2. The zero-order chi connectivity index (χ0) is 26.8. The van der Waals surface area contributed by atoms with E-state index < -0.39 is 10.0 Å². The molecule has 1 aromatic heterocycles. The molecule has 0 unspecified atom stereocenters. The van der Waals surface area contributed by atoms with Gasteiger partial charge < -0.3 is 14.6 Å². The topological polar surface area (TPSA) is 93.5 Å². The van der Waals surface area contributed by atoms with Gasteiger partial charge in [-0.2, -0.15) is 0 Å². The Bertz CT molecular complexity index is 1350. The lowest BCUT2D eigenvalue weighted by Crippen LogP contribution is -2.30. The van der Waals surface area contributed by atoms with Gasteiger partial charge in [0.25, 0.3) is 10.0 Å². The van der Waals surface area contributed by atoms with Crippen LogP contribution in [0.25, 0.3) is 11.0 Å². The van der Waals surface area contributed by atoms with Crippen LogP contribution < -0.4 is 9.62 Å². The van der Waals surface area contributed by atoms with E-state index in [9.17, 15) is 13.2 Å². The van der Waals surface area contributed by atoms with Gasteiger partial charge in [0, 0.05) is 43.8 Å². The van der Waals surface area contributed by atoms with E-state index in [4.69, 9.17) is 9.72 Å². The molecule has 1 saturated heterocycles. The average Bonchev–Trinajstić information content (AvgIpc) is 3.23. The average molecular weight is 527 g/mol. The maximum atomic E-state index is 13.6. The quantitative estimate of drug-likeness (QED) is 0.429. The molecule has 37 heavy (non-hydrogen) atoms. The highest BCUT2D eigenvalue weighted by Gasteiger charge is 2.28. The summed E-state index contributed by atoms with van der Waals surface area (Å²) in [4.78, 5) is 16.8. The van der Waals surface area contributed by atoms with Crippen LogP contribution in [0.2, 0.25) is 0 Å². The van der Waals surface area contributed by atoms with E-state index in [2.05, 4.69) is 30.7 Å². The van der Waals surface area contributed by atoms with Crippen LogP contribution >= 0.6 is 0 Å². The fourth-order valence-electron chi connectivity index (χ4n) is 4.80. The fraction of sp³-hybridized carbons (Fsp3) is 0.500. The van der Waals surface area contributed by atoms with Crippen LogP contribution in [0.4, 0.5) is 11.4 Å². The lowest BCUT2D eigenvalue weighted by atomic mass is 9.94. The van der Waals surface area contributed by atoms with Crippen LogP contribution in [-0.4, -0.2) is 43.6 Å². The van der Waals surface area contributed by atoms with Crippen molar-refractivity contribution in [1.82, 2.24) is 9.55 Å². The Labute approximate surface area is 220 Å². The molecule has 1 fully saturated rings. The number of sulfonamides is 1. The first-order chi connectivity index (χ1) is 17.5. The molecular formula is C28H38N4O4S. The maximum absolute atomic E-state index is 13.6. The second kappa shape index (κ2) is 10.8. The highest BCUT2D eigenvalue weighted by Crippen LogP contribution is 2.32. The number of anilines is 2. The Kier molecular flexibility index (Phi) is 7.94. The first-order valence-corrected chi connectivity index (χ1v) is 14.5. The maximum Gasteiger partial charge on any atom is 0.264 e. The molecule has 3 aromatic rings. The van der Waals surface area contributed by atoms with Gasteiger partial charge in [-0.25, -0.2) is 13.4 Å². The predicted octanol–water partition coefficient (Wildman–Crippen LogP) is 5.32. The van der Waals surface area contributed by atoms with E-state index in [1.54, 1.807) is 19.1 Å². The van der Waals surface area contributed by atoms with E-state index in [0.717, 1.165) is 49.5 Å². The minimum Gasteiger partial charge on any atom is -0.381 e. The van der Waals surface area contributed by atoms with Crippen molar-refractivity contribution in [3.05, 3.63) is 48.3 Å². The summed E-state index contributed by atoms with van der Waals surface area (Å²) in [6.45, 7) is 12.8. The molecule has 9 heteroatoms. The molecule has 8 nitrogen and oxygen atoms in total. The minimum absolute atomic E-state index is 0.120. The molecule has 0 saturated carbocycles. The summed E-state index contributed by atoms with van der Waals surface area (Å²) in [5.41, 5.74) is 2.80. The van der Waals surface area contributed by atoms with Gasteiger partial charge in [-0.1, -0.05) is 27.7 Å². The van der Waals surface area contributed by atoms with Gasteiger partial charge >= 0.3 is 0 Å². The zero-order valence-electron chi connectivity index (χ0n) is 22.5. The molecule has 0 atom stereocenters. The molecule has 0 radical (unpaired) electrons. The second-order valence-electron chi connectivity index (χ2n) is 10.6. The molecule has 0 bridgehead atoms. The van der Waals surface area contributed by atoms with Crippen LogP contribution in [0, 0.1) is 5.92 Å². The van der Waals surface area contributed by atoms with Crippen LogP contribution in [0.5, 0.6) is 0 Å². The van der Waals surface area contributed by atoms with E-state index in [-0.39, 0.29) is 22.8 Å². The van der Waals surface area contributed by atoms with Crippen molar-refractivity contribution in [2.45, 2.75) is 70.7 Å². The normalized spacial score (nSPS) is 15.2. The summed E-state index contributed by atoms with van der Waals surface area (Å²) in [7, 11) is -3.81. The van der Waals surface area contributed by atoms with E-state index in [1.807, 2.05) is 25.1 Å². The number of amides is 1. The van der Waals surface area contributed by atoms with Gasteiger partial charge in [0.05, 0.1) is 21.6 Å². The number of hydrogen-bond acceptors (Lipinski definition) is 5. The number of ether oxygens (including phenoxy) is 1. The third-order valence-electron chi connectivity index (χ3n) is 6.81. The summed E-state index contributed by atoms with van der Waals surface area (Å²) >= 11 is 0. The lowest BCUT2D eigenvalue weighted by molar-refractivity contribution is -0.115. The first kappa shape index (κ1) is 27.1. The van der Waals surface area contributed by atoms with Crippen molar-refractivity contribution in [3.8, 4) is 0 Å². The van der Waals surface area contributed by atoms with E-state index in [0.29, 0.717) is 23.7 Å². The summed E-state index contributed by atoms with van der Waals surface area (Å²) in [6, 6.07) is 12.0. The Morgan fingerprint density at radius 1 is 1.11 bits per heavy atom. The highest BCUT2D eigenvalue weighted by atomic mass is 32.2. The zero-order valence-corrected chi connectivity index (χ0v) is 23.3. The smallest absolute Gasteiger partial charge is 0.264 e. The third-order valence-corrected chi connectivity index (χ3v) is 8.72. The van der Waals surface area contributed by atoms with Gasteiger partial charge in [-0.15, -0.1) is 0 Å². The summed E-state index contributed by atoms with van der Waals surface area (Å²) < 4.78 is 36.4. The van der Waals surface area contributed by atoms with Gasteiger partial charge in [0.15, 0.2) is 0 Å². The van der Waals surface area contributed by atoms with E-state index >= 15 is 0 Å². The summed E-state index contributed by atoms with van der Waals surface area (Å²) in [5, 5.41) is 2.75. The highest BCUT2D eigenvalue weighted by molar-refractivity contribution is 7.92. The Morgan fingerprint density at radius 2 is 1.78 bits per heavy atom. The monoisotopic (exact) mass is 526 g/mol. The number of rotatable bonds is 8. The standard InChI is InChI=1S/C28H38N4O4S/c1-6-26(33)29-21-8-11-23(12-9-21)37(34,35)32(7-2)22-10-13-25-24(18-22)30-27(28(3,4)5)31(25)19-20-14-16-36-17-15-20/h8-13,18,20H,6-7,14-17,19H2,1-5H3,(H,29,33). The molecule has 1 N–H and O–H groups in total. The molecule has 4 rings (SSSR count). The van der Waals surface area contributed by atoms with Gasteiger partial charge in [-0.3, -0.25) is 9.10 Å². The van der Waals surface area contributed by atoms with Crippen molar-refractivity contribution in [2.75, 3.05) is 29.4 Å². The minimum atomic E-state index is -3.81. The van der Waals surface area contributed by atoms with Crippen molar-refractivity contribution < 1.29 is 17.9 Å². The lowest BCUT2D eigenvalue weighted by Gasteiger charge is -2.26. The van der Waals surface area contributed by atoms with Gasteiger partial charge in [0.1, 0.15) is 5.82 Å². The third kappa shape index (κ3) is 5.83. The predicted molar refractivity (Wildman–Crippen MR) is 148 cm³/mol. The summed E-state index contributed by atoms with van der Waals surface area (Å²) in [6.07, 6.45) is 2.42. The Morgan fingerprint density at radius 3 is 2.38 bits per heavy atom. The number of imidazole rings is 1. The van der Waals surface area contributed by atoms with Crippen molar-refractivity contribution in [1.29, 1.82) is 0 Å². The molecule has 2 aromatic carbocycles. The second-order valence-corrected chi connectivity index (χ2v) is 12.5. The molecule has 0 spiro atoms. The van der Waals surface area contributed by atoms with Crippen LogP contribution in [0.1, 0.15) is 59.7 Å². The Hall–Kier alpha value is -2.91. The van der Waals surface area contributed by atoms with E-state index in [1.165, 1.54) is 16.4 Å². The fourth-order valence-corrected chi connectivity index (χ4v) is 6.26. The number of aromatic nitrogens is 2. The van der Waals surface area contributed by atoms with Crippen LogP contribution in [0.15, 0.2) is 47.4 Å². The number of carbonyl (C=O) groups excluding carboxylic acids is 1. The molecular weight excluding hydrogens is 488 g/mol. The number of nitrogens with zero attached hydrogens (tertiary/aromatic N) is 3. The van der Waals surface area contributed by atoms with Gasteiger partial charge in [-0.05, 0) is 68.1 Å². The van der Waals surface area contributed by atoms with Crippen LogP contribution in [-0.2, 0) is 31.5 Å². The van der Waals surface area contributed by atoms with Crippen molar-refractivity contribution >= 4 is 38.3 Å². The molecule has 0 aliphatic carbocycles. The molecule has 1 aliphatic rings. The number of hydrogen-bond donors (Lipinski definition) is 1. The van der Waals surface area contributed by atoms with Crippen molar-refractivity contribution in [3.63, 3.8) is 0 Å². The van der Waals surface area contributed by atoms with Crippen molar-refractivity contribution in [2.24, 2.45) is 5.92 Å². The SMILES string of the molecule is CCC(=O)Nc1ccc(S(=O)(=O)N(CC)c2ccc3c(c2)nc(C(C)(C)C)n3CC2CCOCC2)cc1.